The molecule has 0 aromatic heterocycles. The summed E-state index contributed by atoms with van der Waals surface area (Å²) < 4.78 is 0. The van der Waals surface area contributed by atoms with E-state index in [1.54, 1.807) is 0 Å². The first-order chi connectivity index (χ1) is 11.4. The van der Waals surface area contributed by atoms with Gasteiger partial charge in [-0.05, 0) is 38.0 Å². The molecule has 24 heavy (non-hydrogen) atoms. The van der Waals surface area contributed by atoms with Gasteiger partial charge in [-0.3, -0.25) is 4.79 Å². The van der Waals surface area contributed by atoms with Crippen molar-refractivity contribution in [2.45, 2.75) is 97.7 Å². The monoisotopic (exact) mass is 340 g/mol. The van der Waals surface area contributed by atoms with Crippen LogP contribution in [0.15, 0.2) is 11.6 Å². The molecular formula is C20H36O4. The topological polar surface area (TPSA) is 55.8 Å². The van der Waals surface area contributed by atoms with Crippen LogP contribution in [0.25, 0.3) is 0 Å². The number of aliphatic carboxylic acids is 1. The number of carboxylic acid groups (broad SMARTS) is 1. The summed E-state index contributed by atoms with van der Waals surface area (Å²) in [5.74, 6) is 0.0697. The van der Waals surface area contributed by atoms with Crippen molar-refractivity contribution in [3.05, 3.63) is 11.6 Å². The van der Waals surface area contributed by atoms with Crippen molar-refractivity contribution in [1.82, 2.24) is 0 Å². The molecule has 4 nitrogen and oxygen atoms in total. The van der Waals surface area contributed by atoms with E-state index in [1.165, 1.54) is 24.8 Å². The highest BCUT2D eigenvalue weighted by Gasteiger charge is 2.41. The van der Waals surface area contributed by atoms with Crippen LogP contribution in [0.1, 0.15) is 86.0 Å². The lowest BCUT2D eigenvalue weighted by Crippen LogP contribution is -2.44. The first kappa shape index (κ1) is 21.2. The second-order valence-corrected chi connectivity index (χ2v) is 7.55. The Morgan fingerprint density at radius 1 is 1.38 bits per heavy atom. The van der Waals surface area contributed by atoms with Crippen molar-refractivity contribution in [2.24, 2.45) is 11.8 Å². The number of hydrogen-bond donors (Lipinski definition) is 1. The Hall–Kier alpha value is -0.870. The van der Waals surface area contributed by atoms with Gasteiger partial charge in [-0.15, -0.1) is 0 Å². The summed E-state index contributed by atoms with van der Waals surface area (Å²) in [6, 6.07) is 0. The summed E-state index contributed by atoms with van der Waals surface area (Å²) in [6.07, 6.45) is 9.34. The van der Waals surface area contributed by atoms with E-state index in [9.17, 15) is 4.79 Å². The molecule has 0 spiro atoms. The second kappa shape index (κ2) is 10.2. The zero-order valence-electron chi connectivity index (χ0n) is 16.1. The fraction of sp³-hybridized carbons (Fsp3) is 0.850. The van der Waals surface area contributed by atoms with Gasteiger partial charge < -0.3 is 5.11 Å². The van der Waals surface area contributed by atoms with Gasteiger partial charge in [0, 0.05) is 0 Å². The molecule has 1 rings (SSSR count). The summed E-state index contributed by atoms with van der Waals surface area (Å²) >= 11 is 0. The molecule has 1 fully saturated rings. The van der Waals surface area contributed by atoms with E-state index < -0.39 is 11.6 Å². The zero-order chi connectivity index (χ0) is 18.2. The molecule has 4 atom stereocenters. The Morgan fingerprint density at radius 2 is 2.08 bits per heavy atom. The summed E-state index contributed by atoms with van der Waals surface area (Å²) in [5.41, 5.74) is 0.931. The molecule has 1 aliphatic rings. The first-order valence-corrected chi connectivity index (χ1v) is 9.60. The summed E-state index contributed by atoms with van der Waals surface area (Å²) in [6.45, 7) is 10.9. The van der Waals surface area contributed by atoms with Crippen LogP contribution in [-0.2, 0) is 14.6 Å². The molecule has 1 heterocycles. The predicted molar refractivity (Wildman–Crippen MR) is 96.7 cm³/mol. The molecule has 0 amide bonds. The van der Waals surface area contributed by atoms with Gasteiger partial charge in [0.15, 0.2) is 0 Å². The van der Waals surface area contributed by atoms with E-state index in [0.717, 1.165) is 25.7 Å². The highest BCUT2D eigenvalue weighted by Crippen LogP contribution is 2.39. The number of allylic oxidation sites excluding steroid dienone is 1. The fourth-order valence-corrected chi connectivity index (χ4v) is 3.73. The van der Waals surface area contributed by atoms with Crippen molar-refractivity contribution >= 4 is 5.97 Å². The SMILES string of the molecule is CCCCC(C)C/C(C)=C/[C@]1(CC)C[C@@H](CC)[C@@H](CC(=O)O)OO1. The van der Waals surface area contributed by atoms with E-state index in [-0.39, 0.29) is 18.4 Å². The van der Waals surface area contributed by atoms with Crippen LogP contribution < -0.4 is 0 Å². The Labute approximate surface area is 147 Å². The maximum Gasteiger partial charge on any atom is 0.306 e. The molecule has 1 aliphatic heterocycles. The van der Waals surface area contributed by atoms with Crippen molar-refractivity contribution < 1.29 is 19.7 Å². The lowest BCUT2D eigenvalue weighted by Gasteiger charge is -2.41. The van der Waals surface area contributed by atoms with E-state index in [4.69, 9.17) is 14.9 Å². The van der Waals surface area contributed by atoms with Crippen LogP contribution in [0.4, 0.5) is 0 Å². The third-order valence-corrected chi connectivity index (χ3v) is 5.20. The molecule has 0 aliphatic carbocycles. The molecule has 1 unspecified atom stereocenters. The third-order valence-electron chi connectivity index (χ3n) is 5.20. The van der Waals surface area contributed by atoms with Crippen molar-refractivity contribution in [3.8, 4) is 0 Å². The fourth-order valence-electron chi connectivity index (χ4n) is 3.73. The summed E-state index contributed by atoms with van der Waals surface area (Å²) in [7, 11) is 0. The first-order valence-electron chi connectivity index (χ1n) is 9.60. The van der Waals surface area contributed by atoms with Gasteiger partial charge in [0.2, 0.25) is 0 Å². The molecule has 0 aromatic carbocycles. The average Bonchev–Trinajstić information content (AvgIpc) is 2.53. The Morgan fingerprint density at radius 3 is 2.62 bits per heavy atom. The Kier molecular flexibility index (Phi) is 8.99. The Balaban J connectivity index is 2.75. The molecule has 0 saturated carbocycles. The maximum absolute atomic E-state index is 11.0. The quantitative estimate of drug-likeness (QED) is 0.420. The highest BCUT2D eigenvalue weighted by molar-refractivity contribution is 5.67. The van der Waals surface area contributed by atoms with Gasteiger partial charge in [-0.2, -0.15) is 0 Å². The summed E-state index contributed by atoms with van der Waals surface area (Å²) in [5, 5.41) is 9.03. The third kappa shape index (κ3) is 6.56. The largest absolute Gasteiger partial charge is 0.481 e. The highest BCUT2D eigenvalue weighted by atomic mass is 17.2. The van der Waals surface area contributed by atoms with Gasteiger partial charge in [-0.1, -0.05) is 65.0 Å². The predicted octanol–water partition coefficient (Wildman–Crippen LogP) is 5.52. The standard InChI is InChI=1S/C20H36O4/c1-6-9-10-15(4)11-16(5)13-20(8-3)14-17(7-2)18(23-24-20)12-19(21)22/h13,15,17-18H,6-12,14H2,1-5H3,(H,21,22)/b16-13+/t15?,17-,18-,20-/m1/s1. The average molecular weight is 341 g/mol. The van der Waals surface area contributed by atoms with Crippen molar-refractivity contribution in [1.29, 1.82) is 0 Å². The number of carbonyl (C=O) groups is 1. The Bertz CT molecular complexity index is 418. The van der Waals surface area contributed by atoms with Crippen molar-refractivity contribution in [2.75, 3.05) is 0 Å². The van der Waals surface area contributed by atoms with Gasteiger partial charge in [0.05, 0.1) is 6.42 Å². The number of rotatable bonds is 10. The van der Waals surface area contributed by atoms with E-state index >= 15 is 0 Å². The molecule has 4 heteroatoms. The molecule has 1 saturated heterocycles. The van der Waals surface area contributed by atoms with Crippen molar-refractivity contribution in [3.63, 3.8) is 0 Å². The minimum atomic E-state index is -0.831. The van der Waals surface area contributed by atoms with E-state index in [2.05, 4.69) is 40.7 Å². The lowest BCUT2D eigenvalue weighted by molar-refractivity contribution is -0.409. The number of carboxylic acids is 1. The lowest BCUT2D eigenvalue weighted by atomic mass is 9.80. The van der Waals surface area contributed by atoms with E-state index in [1.807, 2.05) is 0 Å². The minimum absolute atomic E-state index is 0.00898. The molecule has 1 N–H and O–H groups in total. The second-order valence-electron chi connectivity index (χ2n) is 7.55. The number of unbranched alkanes of at least 4 members (excludes halogenated alkanes) is 1. The van der Waals surface area contributed by atoms with Crippen LogP contribution >= 0.6 is 0 Å². The number of hydrogen-bond acceptors (Lipinski definition) is 3. The maximum atomic E-state index is 11.0. The molecular weight excluding hydrogens is 304 g/mol. The zero-order valence-corrected chi connectivity index (χ0v) is 16.1. The van der Waals surface area contributed by atoms with Crippen LogP contribution in [0.5, 0.6) is 0 Å². The molecule has 0 bridgehead atoms. The summed E-state index contributed by atoms with van der Waals surface area (Å²) in [4.78, 5) is 22.3. The van der Waals surface area contributed by atoms with Crippen LogP contribution in [0, 0.1) is 11.8 Å². The molecule has 0 radical (unpaired) electrons. The minimum Gasteiger partial charge on any atom is -0.481 e. The van der Waals surface area contributed by atoms with Gasteiger partial charge in [0.1, 0.15) is 11.7 Å². The van der Waals surface area contributed by atoms with Crippen LogP contribution in [-0.4, -0.2) is 22.8 Å². The van der Waals surface area contributed by atoms with Gasteiger partial charge in [0.25, 0.3) is 0 Å². The van der Waals surface area contributed by atoms with Crippen LogP contribution in [0.2, 0.25) is 0 Å². The smallest absolute Gasteiger partial charge is 0.306 e. The molecule has 140 valence electrons. The van der Waals surface area contributed by atoms with Gasteiger partial charge in [-0.25, -0.2) is 9.78 Å². The molecule has 0 aromatic rings. The van der Waals surface area contributed by atoms with Crippen LogP contribution in [0.3, 0.4) is 0 Å². The van der Waals surface area contributed by atoms with Gasteiger partial charge >= 0.3 is 5.97 Å². The normalized spacial score (nSPS) is 29.5. The van der Waals surface area contributed by atoms with E-state index in [0.29, 0.717) is 5.92 Å².